The van der Waals surface area contributed by atoms with Crippen LogP contribution in [0.25, 0.3) is 0 Å². The molecule has 1 aromatic carbocycles. The number of benzene rings is 1. The molecule has 106 valence electrons. The Morgan fingerprint density at radius 3 is 2.63 bits per heavy atom. The number of nitrogens with one attached hydrogen (secondary N) is 1. The van der Waals surface area contributed by atoms with Gasteiger partial charge in [0.1, 0.15) is 0 Å². The molecule has 0 bridgehead atoms. The number of sulfonamides is 1. The zero-order valence-corrected chi connectivity index (χ0v) is 13.9. The molecule has 1 aliphatic rings. The Bertz CT molecular complexity index is 616. The van der Waals surface area contributed by atoms with E-state index < -0.39 is 10.0 Å². The lowest BCUT2D eigenvalue weighted by atomic mass is 10.1. The summed E-state index contributed by atoms with van der Waals surface area (Å²) in [5.74, 6) is 0.387. The van der Waals surface area contributed by atoms with Crippen molar-refractivity contribution in [1.82, 2.24) is 4.72 Å². The van der Waals surface area contributed by atoms with Gasteiger partial charge in [-0.1, -0.05) is 25.4 Å². The summed E-state index contributed by atoms with van der Waals surface area (Å²) in [6, 6.07) is 2.90. The maximum atomic E-state index is 12.2. The molecule has 0 saturated heterocycles. The fraction of sp³-hybridized carbons (Fsp3) is 0.500. The summed E-state index contributed by atoms with van der Waals surface area (Å²) in [5, 5.41) is 0.299. The summed E-state index contributed by atoms with van der Waals surface area (Å²) >= 11 is 9.05. The van der Waals surface area contributed by atoms with E-state index in [-0.39, 0.29) is 10.3 Å². The van der Waals surface area contributed by atoms with Crippen LogP contribution >= 0.6 is 27.5 Å². The highest BCUT2D eigenvalue weighted by atomic mass is 79.9. The minimum Gasteiger partial charge on any atom is -0.398 e. The molecule has 7 heteroatoms. The van der Waals surface area contributed by atoms with Crippen LogP contribution in [0.2, 0.25) is 5.02 Å². The Kier molecular flexibility index (Phi) is 3.90. The van der Waals surface area contributed by atoms with Gasteiger partial charge in [0, 0.05) is 17.3 Å². The van der Waals surface area contributed by atoms with Gasteiger partial charge in [0.05, 0.1) is 9.37 Å². The Labute approximate surface area is 126 Å². The number of hydrogen-bond donors (Lipinski definition) is 2. The van der Waals surface area contributed by atoms with Gasteiger partial charge in [0.2, 0.25) is 10.0 Å². The summed E-state index contributed by atoms with van der Waals surface area (Å²) < 4.78 is 27.5. The predicted octanol–water partition coefficient (Wildman–Crippen LogP) is 3.01. The lowest BCUT2D eigenvalue weighted by Gasteiger charge is -2.11. The van der Waals surface area contributed by atoms with E-state index in [4.69, 9.17) is 17.3 Å². The highest BCUT2D eigenvalue weighted by Gasteiger charge is 2.45. The number of hydrogen-bond acceptors (Lipinski definition) is 3. The van der Waals surface area contributed by atoms with Crippen LogP contribution in [0, 0.1) is 11.3 Å². The molecule has 19 heavy (non-hydrogen) atoms. The second-order valence-corrected chi connectivity index (χ2v) is 8.51. The van der Waals surface area contributed by atoms with E-state index in [9.17, 15) is 8.42 Å². The van der Waals surface area contributed by atoms with E-state index >= 15 is 0 Å². The topological polar surface area (TPSA) is 72.2 Å². The first-order chi connectivity index (χ1) is 8.63. The van der Waals surface area contributed by atoms with Crippen LogP contribution in [-0.2, 0) is 10.0 Å². The summed E-state index contributed by atoms with van der Waals surface area (Å²) in [5.41, 5.74) is 6.24. The molecule has 0 heterocycles. The Morgan fingerprint density at radius 2 is 2.11 bits per heavy atom. The highest BCUT2D eigenvalue weighted by molar-refractivity contribution is 9.10. The van der Waals surface area contributed by atoms with Crippen LogP contribution in [0.4, 0.5) is 5.69 Å². The highest BCUT2D eigenvalue weighted by Crippen LogP contribution is 2.51. The van der Waals surface area contributed by atoms with Gasteiger partial charge in [-0.15, -0.1) is 0 Å². The number of halogens is 2. The van der Waals surface area contributed by atoms with Crippen molar-refractivity contribution in [3.63, 3.8) is 0 Å². The van der Waals surface area contributed by atoms with E-state index in [1.807, 2.05) is 0 Å². The van der Waals surface area contributed by atoms with Crippen molar-refractivity contribution in [3.05, 3.63) is 21.6 Å². The quantitative estimate of drug-likeness (QED) is 0.804. The number of nitrogen functional groups attached to an aromatic ring is 1. The monoisotopic (exact) mass is 366 g/mol. The molecule has 1 saturated carbocycles. The predicted molar refractivity (Wildman–Crippen MR) is 80.6 cm³/mol. The first-order valence-electron chi connectivity index (χ1n) is 5.88. The Hall–Kier alpha value is -0.300. The van der Waals surface area contributed by atoms with Crippen molar-refractivity contribution in [3.8, 4) is 0 Å². The molecule has 0 spiro atoms. The van der Waals surface area contributed by atoms with Gasteiger partial charge in [0.25, 0.3) is 0 Å². The third kappa shape index (κ3) is 3.24. The first kappa shape index (κ1) is 15.1. The smallest absolute Gasteiger partial charge is 0.241 e. The standard InChI is InChI=1S/C12H16BrClN2O2S/c1-12(2)5-7(12)6-16-19(17,18)10-4-8(14)3-9(15)11(10)13/h3-4,7,16H,5-6,15H2,1-2H3. The SMILES string of the molecule is CC1(C)CC1CNS(=O)(=O)c1cc(Cl)cc(N)c1Br. The van der Waals surface area contributed by atoms with Crippen molar-refractivity contribution in [2.24, 2.45) is 11.3 Å². The maximum absolute atomic E-state index is 12.2. The zero-order chi connectivity index (χ0) is 14.4. The third-order valence-electron chi connectivity index (χ3n) is 3.56. The molecular weight excluding hydrogens is 352 g/mol. The normalized spacial score (nSPS) is 21.4. The molecule has 1 aromatic rings. The molecule has 0 aromatic heterocycles. The third-order valence-corrected chi connectivity index (χ3v) is 6.37. The molecule has 0 radical (unpaired) electrons. The largest absolute Gasteiger partial charge is 0.398 e. The van der Waals surface area contributed by atoms with Crippen molar-refractivity contribution in [2.45, 2.75) is 25.2 Å². The Morgan fingerprint density at radius 1 is 1.53 bits per heavy atom. The average molecular weight is 368 g/mol. The molecule has 4 nitrogen and oxygen atoms in total. The zero-order valence-electron chi connectivity index (χ0n) is 10.7. The van der Waals surface area contributed by atoms with E-state index in [1.54, 1.807) is 0 Å². The summed E-state index contributed by atoms with van der Waals surface area (Å²) in [7, 11) is -3.60. The van der Waals surface area contributed by atoms with Gasteiger partial charge < -0.3 is 5.73 Å². The maximum Gasteiger partial charge on any atom is 0.241 e. The first-order valence-corrected chi connectivity index (χ1v) is 8.53. The second-order valence-electron chi connectivity index (χ2n) is 5.55. The Balaban J connectivity index is 2.20. The van der Waals surface area contributed by atoms with Crippen molar-refractivity contribution >= 4 is 43.2 Å². The van der Waals surface area contributed by atoms with Gasteiger partial charge in [-0.05, 0) is 45.8 Å². The lowest BCUT2D eigenvalue weighted by Crippen LogP contribution is -2.27. The molecule has 3 N–H and O–H groups in total. The fourth-order valence-corrected chi connectivity index (χ4v) is 4.36. The summed E-state index contributed by atoms with van der Waals surface area (Å²) in [6.07, 6.45) is 1.04. The summed E-state index contributed by atoms with van der Waals surface area (Å²) in [4.78, 5) is 0.0796. The number of nitrogens with two attached hydrogens (primary N) is 1. The van der Waals surface area contributed by atoms with Crippen LogP contribution in [-0.4, -0.2) is 15.0 Å². The molecule has 0 amide bonds. The molecule has 1 aliphatic carbocycles. The number of rotatable bonds is 4. The van der Waals surface area contributed by atoms with E-state index in [1.165, 1.54) is 12.1 Å². The molecule has 0 aliphatic heterocycles. The molecule has 1 fully saturated rings. The summed E-state index contributed by atoms with van der Waals surface area (Å²) in [6.45, 7) is 4.69. The molecular formula is C12H16BrClN2O2S. The van der Waals surface area contributed by atoms with Crippen molar-refractivity contribution < 1.29 is 8.42 Å². The van der Waals surface area contributed by atoms with Gasteiger partial charge in [-0.3, -0.25) is 0 Å². The van der Waals surface area contributed by atoms with Gasteiger partial charge in [-0.2, -0.15) is 0 Å². The molecule has 2 rings (SSSR count). The molecule has 1 unspecified atom stereocenters. The van der Waals surface area contributed by atoms with Gasteiger partial charge >= 0.3 is 0 Å². The molecule has 1 atom stereocenters. The van der Waals surface area contributed by atoms with E-state index in [2.05, 4.69) is 34.5 Å². The van der Waals surface area contributed by atoms with Crippen LogP contribution in [0.15, 0.2) is 21.5 Å². The minimum absolute atomic E-state index is 0.0796. The lowest BCUT2D eigenvalue weighted by molar-refractivity contribution is 0.537. The van der Waals surface area contributed by atoms with Crippen molar-refractivity contribution in [2.75, 3.05) is 12.3 Å². The fourth-order valence-electron chi connectivity index (χ4n) is 1.99. The van der Waals surface area contributed by atoms with Crippen LogP contribution in [0.3, 0.4) is 0 Å². The van der Waals surface area contributed by atoms with Gasteiger partial charge in [0.15, 0.2) is 0 Å². The van der Waals surface area contributed by atoms with Gasteiger partial charge in [-0.25, -0.2) is 13.1 Å². The van der Waals surface area contributed by atoms with Crippen LogP contribution in [0.1, 0.15) is 20.3 Å². The van der Waals surface area contributed by atoms with E-state index in [0.29, 0.717) is 27.6 Å². The van der Waals surface area contributed by atoms with Crippen LogP contribution in [0.5, 0.6) is 0 Å². The van der Waals surface area contributed by atoms with Crippen molar-refractivity contribution in [1.29, 1.82) is 0 Å². The second kappa shape index (κ2) is 4.91. The van der Waals surface area contributed by atoms with E-state index in [0.717, 1.165) is 6.42 Å². The number of anilines is 1. The minimum atomic E-state index is -3.60. The average Bonchev–Trinajstić information content (AvgIpc) is 2.89. The van der Waals surface area contributed by atoms with Crippen LogP contribution < -0.4 is 10.5 Å².